The first-order valence-corrected chi connectivity index (χ1v) is 11.1. The summed E-state index contributed by atoms with van der Waals surface area (Å²) >= 11 is 1.23. The number of hydrogen-bond donors (Lipinski definition) is 0. The van der Waals surface area contributed by atoms with Crippen molar-refractivity contribution >= 4 is 28.8 Å². The van der Waals surface area contributed by atoms with Crippen molar-refractivity contribution < 1.29 is 28.2 Å². The number of benzene rings is 2. The average Bonchev–Trinajstić information content (AvgIpc) is 2.79. The van der Waals surface area contributed by atoms with Gasteiger partial charge in [0.1, 0.15) is 23.3 Å². The standard InChI is InChI=1S/C24H24N2O7S/c1-14(2)31-19-13-18-21(23(30-5)22(19)29-4)17(27)12-20(33-18)34-16-8-6-15(7-9-16)32-24(28)26(3)11-10-25/h6-9,12-14H,11H2,1-5H3. The number of amides is 1. The van der Waals surface area contributed by atoms with Crippen molar-refractivity contribution in [2.75, 3.05) is 27.8 Å². The minimum atomic E-state index is -0.633. The molecular formula is C24H24N2O7S. The van der Waals surface area contributed by atoms with Gasteiger partial charge in [-0.3, -0.25) is 9.69 Å². The Bertz CT molecular complexity index is 1280. The van der Waals surface area contributed by atoms with Gasteiger partial charge in [-0.15, -0.1) is 0 Å². The number of ether oxygens (including phenoxy) is 4. The van der Waals surface area contributed by atoms with E-state index in [2.05, 4.69) is 0 Å². The molecule has 1 heterocycles. The minimum absolute atomic E-state index is 0.0751. The number of nitriles is 1. The zero-order chi connectivity index (χ0) is 24.8. The molecule has 0 saturated heterocycles. The summed E-state index contributed by atoms with van der Waals surface area (Å²) in [6.07, 6.45) is -0.765. The second-order valence-electron chi connectivity index (χ2n) is 7.37. The SMILES string of the molecule is COc1c(OC(C)C)cc2oc(Sc3ccc(OC(=O)N(C)CC#N)cc3)cc(=O)c2c1OC. The van der Waals surface area contributed by atoms with E-state index in [-0.39, 0.29) is 29.2 Å². The Kier molecular flexibility index (Phi) is 7.91. The van der Waals surface area contributed by atoms with Gasteiger partial charge in [-0.25, -0.2) is 4.79 Å². The summed E-state index contributed by atoms with van der Waals surface area (Å²) in [6, 6.07) is 11.5. The van der Waals surface area contributed by atoms with Crippen LogP contribution in [0.1, 0.15) is 13.8 Å². The molecule has 0 N–H and O–H groups in total. The Morgan fingerprint density at radius 3 is 2.41 bits per heavy atom. The molecule has 0 spiro atoms. The van der Waals surface area contributed by atoms with Crippen LogP contribution in [-0.4, -0.2) is 44.9 Å². The van der Waals surface area contributed by atoms with E-state index in [1.807, 2.05) is 19.9 Å². The third-order valence-electron chi connectivity index (χ3n) is 4.51. The molecule has 0 fully saturated rings. The number of rotatable bonds is 8. The van der Waals surface area contributed by atoms with Gasteiger partial charge in [0.25, 0.3) is 0 Å². The first-order valence-electron chi connectivity index (χ1n) is 10.2. The molecule has 3 aromatic rings. The van der Waals surface area contributed by atoms with Crippen molar-refractivity contribution in [3.8, 4) is 29.1 Å². The molecule has 2 aromatic carbocycles. The van der Waals surface area contributed by atoms with Gasteiger partial charge in [-0.1, -0.05) is 11.8 Å². The molecule has 0 atom stereocenters. The minimum Gasteiger partial charge on any atom is -0.492 e. The molecular weight excluding hydrogens is 460 g/mol. The van der Waals surface area contributed by atoms with E-state index >= 15 is 0 Å². The third kappa shape index (κ3) is 5.55. The van der Waals surface area contributed by atoms with E-state index in [4.69, 9.17) is 28.6 Å². The highest BCUT2D eigenvalue weighted by atomic mass is 32.2. The predicted octanol–water partition coefficient (Wildman–Crippen LogP) is 4.70. The Balaban J connectivity index is 1.90. The summed E-state index contributed by atoms with van der Waals surface area (Å²) in [5, 5.41) is 9.28. The molecule has 0 saturated carbocycles. The molecule has 0 aliphatic heterocycles. The molecule has 1 amide bonds. The van der Waals surface area contributed by atoms with E-state index in [1.165, 1.54) is 39.1 Å². The van der Waals surface area contributed by atoms with Crippen LogP contribution in [0.3, 0.4) is 0 Å². The fraction of sp³-hybridized carbons (Fsp3) is 0.292. The lowest BCUT2D eigenvalue weighted by Crippen LogP contribution is -2.29. The summed E-state index contributed by atoms with van der Waals surface area (Å²) in [5.41, 5.74) is 0.00968. The molecule has 0 bridgehead atoms. The maximum Gasteiger partial charge on any atom is 0.415 e. The molecule has 3 rings (SSSR count). The smallest absolute Gasteiger partial charge is 0.415 e. The molecule has 178 valence electrons. The van der Waals surface area contributed by atoms with Gasteiger partial charge in [0.2, 0.25) is 5.75 Å². The summed E-state index contributed by atoms with van der Waals surface area (Å²) in [5.74, 6) is 1.29. The molecule has 9 nitrogen and oxygen atoms in total. The zero-order valence-electron chi connectivity index (χ0n) is 19.4. The van der Waals surface area contributed by atoms with Crippen molar-refractivity contribution in [3.63, 3.8) is 0 Å². The van der Waals surface area contributed by atoms with E-state index < -0.39 is 6.09 Å². The number of nitrogens with zero attached hydrogens (tertiary/aromatic N) is 2. The van der Waals surface area contributed by atoms with Gasteiger partial charge in [0.15, 0.2) is 22.0 Å². The molecule has 0 aliphatic carbocycles. The van der Waals surface area contributed by atoms with Crippen LogP contribution < -0.4 is 24.4 Å². The van der Waals surface area contributed by atoms with Crippen molar-refractivity contribution in [3.05, 3.63) is 46.6 Å². The maximum absolute atomic E-state index is 12.9. The lowest BCUT2D eigenvalue weighted by molar-refractivity contribution is 0.168. The van der Waals surface area contributed by atoms with Crippen molar-refractivity contribution in [1.29, 1.82) is 5.26 Å². The number of fused-ring (bicyclic) bond motifs is 1. The molecule has 1 aromatic heterocycles. The first kappa shape index (κ1) is 24.8. The van der Waals surface area contributed by atoms with Gasteiger partial charge in [-0.05, 0) is 38.1 Å². The van der Waals surface area contributed by atoms with Gasteiger partial charge >= 0.3 is 6.09 Å². The van der Waals surface area contributed by atoms with Crippen LogP contribution in [0.4, 0.5) is 4.79 Å². The highest BCUT2D eigenvalue weighted by Gasteiger charge is 2.22. The predicted molar refractivity (Wildman–Crippen MR) is 126 cm³/mol. The number of carbonyl (C=O) groups excluding carboxylic acids is 1. The van der Waals surface area contributed by atoms with Crippen LogP contribution in [0.2, 0.25) is 0 Å². The van der Waals surface area contributed by atoms with Crippen LogP contribution in [0.25, 0.3) is 11.0 Å². The number of carbonyl (C=O) groups is 1. The molecule has 34 heavy (non-hydrogen) atoms. The average molecular weight is 485 g/mol. The van der Waals surface area contributed by atoms with Gasteiger partial charge in [-0.2, -0.15) is 5.26 Å². The van der Waals surface area contributed by atoms with Crippen LogP contribution in [0, 0.1) is 11.3 Å². The monoisotopic (exact) mass is 484 g/mol. The van der Waals surface area contributed by atoms with Crippen LogP contribution in [-0.2, 0) is 0 Å². The third-order valence-corrected chi connectivity index (χ3v) is 5.42. The van der Waals surface area contributed by atoms with Crippen LogP contribution in [0.5, 0.6) is 23.0 Å². The Morgan fingerprint density at radius 1 is 1.15 bits per heavy atom. The van der Waals surface area contributed by atoms with Crippen LogP contribution >= 0.6 is 11.8 Å². The second-order valence-corrected chi connectivity index (χ2v) is 8.44. The van der Waals surface area contributed by atoms with Crippen molar-refractivity contribution in [2.24, 2.45) is 0 Å². The molecule has 0 radical (unpaired) electrons. The van der Waals surface area contributed by atoms with Crippen molar-refractivity contribution in [2.45, 2.75) is 29.9 Å². The second kappa shape index (κ2) is 10.9. The molecule has 0 unspecified atom stereocenters. The van der Waals surface area contributed by atoms with E-state index in [0.717, 1.165) is 9.80 Å². The van der Waals surface area contributed by atoms with Crippen LogP contribution in [0.15, 0.2) is 55.6 Å². The molecule has 0 aliphatic rings. The maximum atomic E-state index is 12.9. The lowest BCUT2D eigenvalue weighted by Gasteiger charge is -2.17. The van der Waals surface area contributed by atoms with Gasteiger partial charge < -0.3 is 23.4 Å². The first-order chi connectivity index (χ1) is 16.3. The Labute approximate surface area is 200 Å². The summed E-state index contributed by atoms with van der Waals surface area (Å²) < 4.78 is 27.9. The molecule has 10 heteroatoms. The summed E-state index contributed by atoms with van der Waals surface area (Å²) in [4.78, 5) is 26.7. The summed E-state index contributed by atoms with van der Waals surface area (Å²) in [6.45, 7) is 3.68. The lowest BCUT2D eigenvalue weighted by atomic mass is 10.1. The van der Waals surface area contributed by atoms with Crippen molar-refractivity contribution in [1.82, 2.24) is 4.90 Å². The Morgan fingerprint density at radius 2 is 1.82 bits per heavy atom. The largest absolute Gasteiger partial charge is 0.492 e. The van der Waals surface area contributed by atoms with Gasteiger partial charge in [0.05, 0.1) is 26.4 Å². The fourth-order valence-corrected chi connectivity index (χ4v) is 3.85. The Hall–Kier alpha value is -3.84. The topological polar surface area (TPSA) is 111 Å². The highest BCUT2D eigenvalue weighted by molar-refractivity contribution is 7.99. The number of methoxy groups -OCH3 is 2. The van der Waals surface area contributed by atoms with E-state index in [1.54, 1.807) is 30.3 Å². The van der Waals surface area contributed by atoms with Gasteiger partial charge in [0, 0.05) is 24.1 Å². The number of hydrogen-bond acceptors (Lipinski definition) is 9. The normalized spacial score (nSPS) is 10.6. The quantitative estimate of drug-likeness (QED) is 0.420. The highest BCUT2D eigenvalue weighted by Crippen LogP contribution is 2.43. The zero-order valence-corrected chi connectivity index (χ0v) is 20.2. The fourth-order valence-electron chi connectivity index (χ4n) is 3.05. The van der Waals surface area contributed by atoms with E-state index in [9.17, 15) is 9.59 Å². The summed E-state index contributed by atoms with van der Waals surface area (Å²) in [7, 11) is 4.40. The van der Waals surface area contributed by atoms with E-state index in [0.29, 0.717) is 27.9 Å².